The number of anilines is 1. The van der Waals surface area contributed by atoms with Gasteiger partial charge in [-0.1, -0.05) is 12.1 Å². The van der Waals surface area contributed by atoms with Crippen molar-refractivity contribution in [1.29, 1.82) is 0 Å². The molecule has 20 heavy (non-hydrogen) atoms. The number of carbonyl (C=O) groups excluding carboxylic acids is 2. The molecule has 0 spiro atoms. The van der Waals surface area contributed by atoms with Crippen LogP contribution in [0.5, 0.6) is 0 Å². The predicted molar refractivity (Wildman–Crippen MR) is 78.4 cm³/mol. The number of amides is 2. The Morgan fingerprint density at radius 2 is 2.05 bits per heavy atom. The fraction of sp³-hybridized carbons (Fsp3) is 0.467. The van der Waals surface area contributed by atoms with E-state index in [-0.39, 0.29) is 17.9 Å². The van der Waals surface area contributed by atoms with Crippen molar-refractivity contribution in [2.45, 2.75) is 44.7 Å². The van der Waals surface area contributed by atoms with Crippen LogP contribution >= 0.6 is 0 Å². The molecule has 1 aromatic rings. The van der Waals surface area contributed by atoms with Gasteiger partial charge in [-0.3, -0.25) is 9.59 Å². The number of carbonyl (C=O) groups is 2. The zero-order valence-corrected chi connectivity index (χ0v) is 11.7. The van der Waals surface area contributed by atoms with Gasteiger partial charge in [-0.2, -0.15) is 0 Å². The van der Waals surface area contributed by atoms with Crippen molar-refractivity contribution in [3.05, 3.63) is 29.8 Å². The Kier molecular flexibility index (Phi) is 4.74. The van der Waals surface area contributed by atoms with E-state index in [4.69, 9.17) is 5.73 Å². The molecule has 1 unspecified atom stereocenters. The minimum Gasteiger partial charge on any atom is -0.349 e. The van der Waals surface area contributed by atoms with Crippen molar-refractivity contribution in [1.82, 2.24) is 5.32 Å². The maximum Gasteiger partial charge on any atom is 0.253 e. The van der Waals surface area contributed by atoms with Crippen LogP contribution in [-0.2, 0) is 4.79 Å². The molecule has 2 amide bonds. The number of hydrogen-bond donors (Lipinski definition) is 3. The minimum absolute atomic E-state index is 0.00541. The van der Waals surface area contributed by atoms with E-state index in [1.165, 1.54) is 0 Å². The number of nitrogens with two attached hydrogens (primary N) is 1. The van der Waals surface area contributed by atoms with Crippen LogP contribution in [0.2, 0.25) is 0 Å². The molecule has 1 saturated carbocycles. The van der Waals surface area contributed by atoms with Gasteiger partial charge in [-0.05, 0) is 38.3 Å². The van der Waals surface area contributed by atoms with Crippen LogP contribution in [0.1, 0.15) is 43.0 Å². The Bertz CT molecular complexity index is 496. The highest BCUT2D eigenvalue weighted by Gasteiger charge is 2.24. The van der Waals surface area contributed by atoms with Crippen LogP contribution < -0.4 is 16.4 Å². The van der Waals surface area contributed by atoms with Crippen molar-refractivity contribution in [2.24, 2.45) is 5.73 Å². The summed E-state index contributed by atoms with van der Waals surface area (Å²) in [6.07, 6.45) is 3.06. The lowest BCUT2D eigenvalue weighted by atomic mass is 10.1. The molecule has 1 aliphatic rings. The smallest absolute Gasteiger partial charge is 0.253 e. The summed E-state index contributed by atoms with van der Waals surface area (Å²) in [5.74, 6) is -0.246. The normalized spacial score (nSPS) is 15.5. The second-order valence-electron chi connectivity index (χ2n) is 5.36. The predicted octanol–water partition coefficient (Wildman–Crippen LogP) is 1.64. The zero-order chi connectivity index (χ0) is 14.5. The molecule has 2 rings (SSSR count). The van der Waals surface area contributed by atoms with Gasteiger partial charge in [0, 0.05) is 18.5 Å². The summed E-state index contributed by atoms with van der Waals surface area (Å²) in [6, 6.07) is 7.34. The Labute approximate surface area is 118 Å². The lowest BCUT2D eigenvalue weighted by Crippen LogP contribution is -2.27. The highest BCUT2D eigenvalue weighted by Crippen LogP contribution is 2.21. The number of para-hydroxylation sites is 1. The third-order valence-corrected chi connectivity index (χ3v) is 3.19. The lowest BCUT2D eigenvalue weighted by Gasteiger charge is -2.11. The molecule has 1 aliphatic carbocycles. The van der Waals surface area contributed by atoms with Crippen molar-refractivity contribution >= 4 is 17.5 Å². The summed E-state index contributed by atoms with van der Waals surface area (Å²) in [7, 11) is 0. The number of benzene rings is 1. The fourth-order valence-corrected chi connectivity index (χ4v) is 1.85. The van der Waals surface area contributed by atoms with Crippen molar-refractivity contribution in [2.75, 3.05) is 5.32 Å². The largest absolute Gasteiger partial charge is 0.349 e. The van der Waals surface area contributed by atoms with E-state index < -0.39 is 0 Å². The van der Waals surface area contributed by atoms with Gasteiger partial charge in [-0.15, -0.1) is 0 Å². The van der Waals surface area contributed by atoms with Crippen molar-refractivity contribution < 1.29 is 9.59 Å². The Morgan fingerprint density at radius 3 is 2.70 bits per heavy atom. The molecule has 0 heterocycles. The van der Waals surface area contributed by atoms with E-state index in [1.54, 1.807) is 24.3 Å². The first-order valence-electron chi connectivity index (χ1n) is 7.01. The summed E-state index contributed by atoms with van der Waals surface area (Å²) < 4.78 is 0. The molecule has 5 nitrogen and oxygen atoms in total. The highest BCUT2D eigenvalue weighted by atomic mass is 16.2. The van der Waals surface area contributed by atoms with Crippen LogP contribution in [0.3, 0.4) is 0 Å². The van der Waals surface area contributed by atoms with Gasteiger partial charge in [-0.25, -0.2) is 0 Å². The molecule has 1 atom stereocenters. The van der Waals surface area contributed by atoms with Crippen LogP contribution in [0, 0.1) is 0 Å². The van der Waals surface area contributed by atoms with Crippen LogP contribution in [0.4, 0.5) is 5.69 Å². The van der Waals surface area contributed by atoms with E-state index in [0.717, 1.165) is 12.8 Å². The van der Waals surface area contributed by atoms with Gasteiger partial charge in [0.2, 0.25) is 5.91 Å². The van der Waals surface area contributed by atoms with E-state index in [0.29, 0.717) is 30.1 Å². The lowest BCUT2D eigenvalue weighted by molar-refractivity contribution is -0.116. The third-order valence-electron chi connectivity index (χ3n) is 3.19. The van der Waals surface area contributed by atoms with Gasteiger partial charge in [0.1, 0.15) is 0 Å². The Balaban J connectivity index is 1.99. The summed E-state index contributed by atoms with van der Waals surface area (Å²) >= 11 is 0. The van der Waals surface area contributed by atoms with Crippen molar-refractivity contribution in [3.8, 4) is 0 Å². The maximum atomic E-state index is 12.1. The summed E-state index contributed by atoms with van der Waals surface area (Å²) in [5.41, 5.74) is 6.69. The van der Waals surface area contributed by atoms with Crippen LogP contribution in [0.15, 0.2) is 24.3 Å². The van der Waals surface area contributed by atoms with E-state index in [2.05, 4.69) is 10.6 Å². The van der Waals surface area contributed by atoms with E-state index in [1.807, 2.05) is 6.92 Å². The molecule has 0 aromatic heterocycles. The average molecular weight is 275 g/mol. The first-order chi connectivity index (χ1) is 9.56. The molecule has 108 valence electrons. The molecule has 5 heteroatoms. The van der Waals surface area contributed by atoms with Gasteiger partial charge in [0.15, 0.2) is 0 Å². The molecule has 4 N–H and O–H groups in total. The maximum absolute atomic E-state index is 12.1. The minimum atomic E-state index is -0.129. The number of rotatable bonds is 6. The quantitative estimate of drug-likeness (QED) is 0.738. The molecule has 0 aliphatic heterocycles. The number of hydrogen-bond acceptors (Lipinski definition) is 3. The van der Waals surface area contributed by atoms with E-state index in [9.17, 15) is 9.59 Å². The summed E-state index contributed by atoms with van der Waals surface area (Å²) in [5, 5.41) is 5.71. The Morgan fingerprint density at radius 1 is 1.35 bits per heavy atom. The monoisotopic (exact) mass is 275 g/mol. The molecule has 1 fully saturated rings. The second-order valence-corrected chi connectivity index (χ2v) is 5.36. The molecule has 0 bridgehead atoms. The first kappa shape index (κ1) is 14.5. The van der Waals surface area contributed by atoms with Gasteiger partial charge in [0.25, 0.3) is 5.91 Å². The second kappa shape index (κ2) is 6.52. The SMILES string of the molecule is CC(N)CCC(=O)Nc1ccccc1C(=O)NC1CC1. The third kappa shape index (κ3) is 4.35. The molecule has 0 saturated heterocycles. The molecular formula is C15H21N3O2. The zero-order valence-electron chi connectivity index (χ0n) is 11.7. The topological polar surface area (TPSA) is 84.2 Å². The highest BCUT2D eigenvalue weighted by molar-refractivity contribution is 6.03. The first-order valence-corrected chi connectivity index (χ1v) is 7.01. The summed E-state index contributed by atoms with van der Waals surface area (Å²) in [4.78, 5) is 23.9. The van der Waals surface area contributed by atoms with Crippen molar-refractivity contribution in [3.63, 3.8) is 0 Å². The standard InChI is InChI=1S/C15H21N3O2/c1-10(16)6-9-14(19)18-13-5-3-2-4-12(13)15(20)17-11-7-8-11/h2-5,10-11H,6-9,16H2,1H3,(H,17,20)(H,18,19). The van der Waals surface area contributed by atoms with Gasteiger partial charge < -0.3 is 16.4 Å². The molecular weight excluding hydrogens is 254 g/mol. The summed E-state index contributed by atoms with van der Waals surface area (Å²) in [6.45, 7) is 1.87. The molecule has 1 aromatic carbocycles. The molecule has 0 radical (unpaired) electrons. The van der Waals surface area contributed by atoms with Crippen LogP contribution in [-0.4, -0.2) is 23.9 Å². The number of nitrogens with one attached hydrogen (secondary N) is 2. The van der Waals surface area contributed by atoms with Gasteiger partial charge in [0.05, 0.1) is 11.3 Å². The Hall–Kier alpha value is -1.88. The van der Waals surface area contributed by atoms with Crippen LogP contribution in [0.25, 0.3) is 0 Å². The fourth-order valence-electron chi connectivity index (χ4n) is 1.85. The van der Waals surface area contributed by atoms with E-state index >= 15 is 0 Å². The van der Waals surface area contributed by atoms with Gasteiger partial charge >= 0.3 is 0 Å². The average Bonchev–Trinajstić information content (AvgIpc) is 3.21.